The molecule has 2 heterocycles. The molecule has 2 rings (SSSR count). The molecule has 0 saturated carbocycles. The molecule has 0 amide bonds. The predicted molar refractivity (Wildman–Crippen MR) is 115 cm³/mol. The van der Waals surface area contributed by atoms with E-state index in [0.29, 0.717) is 12.3 Å². The molecule has 1 fully saturated rings. The van der Waals surface area contributed by atoms with E-state index in [2.05, 4.69) is 33.0 Å². The Morgan fingerprint density at radius 2 is 2.15 bits per heavy atom. The Labute approximate surface area is 168 Å². The van der Waals surface area contributed by atoms with Gasteiger partial charge in [-0.1, -0.05) is 6.07 Å². The molecule has 1 unspecified atom stereocenters. The number of sulfone groups is 1. The van der Waals surface area contributed by atoms with Crippen molar-refractivity contribution in [3.8, 4) is 0 Å². The predicted octanol–water partition coefficient (Wildman–Crippen LogP) is 2.34. The van der Waals surface area contributed by atoms with Crippen LogP contribution in [-0.4, -0.2) is 63.5 Å². The van der Waals surface area contributed by atoms with Crippen molar-refractivity contribution in [3.05, 3.63) is 22.4 Å². The van der Waals surface area contributed by atoms with Gasteiger partial charge in [-0.05, 0) is 63.6 Å². The fourth-order valence-electron chi connectivity index (χ4n) is 3.19. The summed E-state index contributed by atoms with van der Waals surface area (Å²) in [5.41, 5.74) is 0. The Bertz CT molecular complexity index is 666. The van der Waals surface area contributed by atoms with Crippen molar-refractivity contribution in [3.63, 3.8) is 0 Å². The lowest BCUT2D eigenvalue weighted by atomic mass is 9.97. The standard InChI is InChI=1S/C19H34N4O2S2/c1-4-20-19(22-16(2)9-13-27(3,24)25)21-14-17-7-10-23(11-8-17)15-18-6-5-12-26-18/h5-6,12,16-17H,4,7-11,13-15H2,1-3H3,(H2,20,21,22). The summed E-state index contributed by atoms with van der Waals surface area (Å²) in [6.07, 6.45) is 4.23. The van der Waals surface area contributed by atoms with Crippen LogP contribution in [-0.2, 0) is 16.4 Å². The first-order valence-corrected chi connectivity index (χ1v) is 12.8. The van der Waals surface area contributed by atoms with Gasteiger partial charge in [0.25, 0.3) is 0 Å². The number of rotatable bonds is 9. The molecule has 154 valence electrons. The number of nitrogens with zero attached hydrogens (tertiary/aromatic N) is 2. The van der Waals surface area contributed by atoms with Crippen molar-refractivity contribution in [2.45, 2.75) is 45.7 Å². The molecule has 8 heteroatoms. The number of piperidine rings is 1. The number of hydrogen-bond acceptors (Lipinski definition) is 5. The maximum Gasteiger partial charge on any atom is 0.191 e. The van der Waals surface area contributed by atoms with Crippen LogP contribution in [0.3, 0.4) is 0 Å². The van der Waals surface area contributed by atoms with Crippen molar-refractivity contribution in [1.82, 2.24) is 15.5 Å². The van der Waals surface area contributed by atoms with Gasteiger partial charge in [0.2, 0.25) is 0 Å². The Kier molecular flexibility index (Phi) is 9.05. The van der Waals surface area contributed by atoms with E-state index in [0.717, 1.165) is 38.7 Å². The Morgan fingerprint density at radius 1 is 1.41 bits per heavy atom. The minimum absolute atomic E-state index is 0.0742. The van der Waals surface area contributed by atoms with Gasteiger partial charge in [-0.15, -0.1) is 11.3 Å². The van der Waals surface area contributed by atoms with E-state index in [4.69, 9.17) is 4.99 Å². The van der Waals surface area contributed by atoms with Crippen LogP contribution in [0.5, 0.6) is 0 Å². The van der Waals surface area contributed by atoms with Gasteiger partial charge < -0.3 is 10.6 Å². The van der Waals surface area contributed by atoms with Crippen LogP contribution < -0.4 is 10.6 Å². The SMILES string of the molecule is CCNC(=NCC1CCN(Cc2cccs2)CC1)NC(C)CCS(C)(=O)=O. The Hall–Kier alpha value is -1.12. The van der Waals surface area contributed by atoms with E-state index in [1.807, 2.05) is 25.2 Å². The van der Waals surface area contributed by atoms with E-state index in [1.165, 1.54) is 24.0 Å². The molecule has 1 aromatic heterocycles. The Morgan fingerprint density at radius 3 is 2.74 bits per heavy atom. The van der Waals surface area contributed by atoms with Crippen LogP contribution in [0.2, 0.25) is 0 Å². The first-order chi connectivity index (χ1) is 12.9. The fourth-order valence-corrected chi connectivity index (χ4v) is 4.71. The van der Waals surface area contributed by atoms with Gasteiger partial charge in [0.05, 0.1) is 5.75 Å². The lowest BCUT2D eigenvalue weighted by Gasteiger charge is -2.31. The third-order valence-corrected chi connectivity index (χ3v) is 6.66. The van der Waals surface area contributed by atoms with Crippen molar-refractivity contribution >= 4 is 27.1 Å². The number of aliphatic imine (C=N–C) groups is 1. The summed E-state index contributed by atoms with van der Waals surface area (Å²) < 4.78 is 22.7. The summed E-state index contributed by atoms with van der Waals surface area (Å²) >= 11 is 1.83. The molecular weight excluding hydrogens is 380 g/mol. The normalized spacial score (nSPS) is 18.4. The molecule has 0 aliphatic carbocycles. The van der Waals surface area contributed by atoms with E-state index >= 15 is 0 Å². The van der Waals surface area contributed by atoms with Gasteiger partial charge in [0.15, 0.2) is 5.96 Å². The van der Waals surface area contributed by atoms with E-state index in [9.17, 15) is 8.42 Å². The largest absolute Gasteiger partial charge is 0.357 e. The summed E-state index contributed by atoms with van der Waals surface area (Å²) in [6.45, 7) is 8.99. The average Bonchev–Trinajstić information content (AvgIpc) is 3.12. The topological polar surface area (TPSA) is 73.8 Å². The Balaban J connectivity index is 1.75. The molecule has 0 spiro atoms. The van der Waals surface area contributed by atoms with E-state index < -0.39 is 9.84 Å². The van der Waals surface area contributed by atoms with Gasteiger partial charge in [-0.25, -0.2) is 8.42 Å². The highest BCUT2D eigenvalue weighted by Crippen LogP contribution is 2.20. The van der Waals surface area contributed by atoms with Gasteiger partial charge in [-0.3, -0.25) is 9.89 Å². The number of likely N-dealkylation sites (tertiary alicyclic amines) is 1. The molecule has 0 bridgehead atoms. The summed E-state index contributed by atoms with van der Waals surface area (Å²) in [4.78, 5) is 8.72. The van der Waals surface area contributed by atoms with Gasteiger partial charge in [0, 0.05) is 36.8 Å². The number of hydrogen-bond donors (Lipinski definition) is 2. The molecule has 1 atom stereocenters. The number of thiophene rings is 1. The zero-order chi connectivity index (χ0) is 19.7. The van der Waals surface area contributed by atoms with Crippen molar-refractivity contribution in [2.75, 3.05) is 38.2 Å². The van der Waals surface area contributed by atoms with Crippen LogP contribution in [0.1, 0.15) is 38.0 Å². The van der Waals surface area contributed by atoms with Crippen LogP contribution in [0.4, 0.5) is 0 Å². The zero-order valence-electron chi connectivity index (χ0n) is 16.8. The van der Waals surface area contributed by atoms with E-state index in [-0.39, 0.29) is 11.8 Å². The first-order valence-electron chi connectivity index (χ1n) is 9.83. The number of guanidine groups is 1. The summed E-state index contributed by atoms with van der Waals surface area (Å²) in [5.74, 6) is 1.61. The average molecular weight is 415 g/mol. The second kappa shape index (κ2) is 11.0. The van der Waals surface area contributed by atoms with Crippen molar-refractivity contribution in [1.29, 1.82) is 0 Å². The van der Waals surface area contributed by atoms with Gasteiger partial charge in [0.1, 0.15) is 9.84 Å². The summed E-state index contributed by atoms with van der Waals surface area (Å²) in [7, 11) is -2.93. The molecule has 27 heavy (non-hydrogen) atoms. The van der Waals surface area contributed by atoms with E-state index in [1.54, 1.807) is 0 Å². The molecular formula is C19H34N4O2S2. The molecule has 1 aliphatic rings. The van der Waals surface area contributed by atoms with Crippen LogP contribution in [0.25, 0.3) is 0 Å². The van der Waals surface area contributed by atoms with Crippen LogP contribution in [0.15, 0.2) is 22.5 Å². The quantitative estimate of drug-likeness (QED) is 0.479. The zero-order valence-corrected chi connectivity index (χ0v) is 18.4. The third kappa shape index (κ3) is 9.08. The summed E-state index contributed by atoms with van der Waals surface area (Å²) in [6, 6.07) is 4.40. The van der Waals surface area contributed by atoms with Crippen LogP contribution >= 0.6 is 11.3 Å². The highest BCUT2D eigenvalue weighted by molar-refractivity contribution is 7.90. The van der Waals surface area contributed by atoms with Gasteiger partial charge >= 0.3 is 0 Å². The van der Waals surface area contributed by atoms with Crippen molar-refractivity contribution < 1.29 is 8.42 Å². The smallest absolute Gasteiger partial charge is 0.191 e. The molecule has 1 saturated heterocycles. The molecule has 2 N–H and O–H groups in total. The summed E-state index contributed by atoms with van der Waals surface area (Å²) in [5, 5.41) is 8.74. The fraction of sp³-hybridized carbons (Fsp3) is 0.737. The molecule has 1 aliphatic heterocycles. The van der Waals surface area contributed by atoms with Crippen LogP contribution in [0, 0.1) is 5.92 Å². The minimum Gasteiger partial charge on any atom is -0.357 e. The lowest BCUT2D eigenvalue weighted by molar-refractivity contribution is 0.182. The monoisotopic (exact) mass is 414 g/mol. The van der Waals surface area contributed by atoms with Gasteiger partial charge in [-0.2, -0.15) is 0 Å². The molecule has 0 radical (unpaired) electrons. The maximum absolute atomic E-state index is 11.3. The minimum atomic E-state index is -2.93. The van der Waals surface area contributed by atoms with Crippen molar-refractivity contribution in [2.24, 2.45) is 10.9 Å². The second-order valence-electron chi connectivity index (χ2n) is 7.48. The molecule has 0 aromatic carbocycles. The second-order valence-corrected chi connectivity index (χ2v) is 10.8. The highest BCUT2D eigenvalue weighted by Gasteiger charge is 2.19. The molecule has 1 aromatic rings. The molecule has 6 nitrogen and oxygen atoms in total. The lowest BCUT2D eigenvalue weighted by Crippen LogP contribution is -2.43. The first kappa shape index (κ1) is 22.2. The third-order valence-electron chi connectivity index (χ3n) is 4.82. The highest BCUT2D eigenvalue weighted by atomic mass is 32.2. The maximum atomic E-state index is 11.3. The number of nitrogens with one attached hydrogen (secondary N) is 2.